The number of nitrogens with one attached hydrogen (secondary N) is 1. The van der Waals surface area contributed by atoms with Gasteiger partial charge in [0, 0.05) is 45.4 Å². The van der Waals surface area contributed by atoms with E-state index in [4.69, 9.17) is 27.8 Å². The van der Waals surface area contributed by atoms with Crippen molar-refractivity contribution in [3.8, 4) is 0 Å². The molecule has 1 saturated heterocycles. The first kappa shape index (κ1) is 23.7. The third-order valence-corrected chi connectivity index (χ3v) is 6.25. The molecule has 2 aromatic carbocycles. The smallest absolute Gasteiger partial charge is 0.276 e. The van der Waals surface area contributed by atoms with Crippen LogP contribution in [0.3, 0.4) is 0 Å². The van der Waals surface area contributed by atoms with E-state index in [0.29, 0.717) is 46.9 Å². The molecule has 34 heavy (non-hydrogen) atoms. The summed E-state index contributed by atoms with van der Waals surface area (Å²) in [6.07, 6.45) is 0. The number of hydrogen-bond acceptors (Lipinski definition) is 7. The van der Waals surface area contributed by atoms with Crippen molar-refractivity contribution in [2.45, 2.75) is 0 Å². The van der Waals surface area contributed by atoms with Crippen molar-refractivity contribution < 1.29 is 9.53 Å². The second-order valence-corrected chi connectivity index (χ2v) is 8.49. The number of halogens is 1. The molecule has 0 bridgehead atoms. The van der Waals surface area contributed by atoms with Crippen LogP contribution in [0.5, 0.6) is 0 Å². The number of methoxy groups -OCH3 is 1. The number of carbonyl (C=O) groups is 1. The minimum Gasteiger partial charge on any atom is -0.397 e. The molecule has 178 valence electrons. The molecule has 3 aromatic rings. The Morgan fingerprint density at radius 3 is 2.59 bits per heavy atom. The maximum atomic E-state index is 13.2. The number of nitrogens with zero attached hydrogens (tertiary/aromatic N) is 3. The monoisotopic (exact) mass is 482 g/mol. The molecular weight excluding hydrogens is 456 g/mol. The molecule has 1 fully saturated rings. The van der Waals surface area contributed by atoms with Gasteiger partial charge in [-0.25, -0.2) is 4.98 Å². The normalized spacial score (nSPS) is 15.4. The maximum Gasteiger partial charge on any atom is 0.276 e. The first-order valence-electron chi connectivity index (χ1n) is 10.9. The quantitative estimate of drug-likeness (QED) is 0.487. The van der Waals surface area contributed by atoms with E-state index >= 15 is 0 Å². The van der Waals surface area contributed by atoms with E-state index in [1.54, 1.807) is 48.4 Å². The van der Waals surface area contributed by atoms with Crippen molar-refractivity contribution in [2.75, 3.05) is 46.4 Å². The number of carbonyl (C=O) groups excluding carboxylic acids is 1. The van der Waals surface area contributed by atoms with Crippen molar-refractivity contribution in [1.29, 1.82) is 0 Å². The lowest BCUT2D eigenvalue weighted by Crippen LogP contribution is -2.49. The predicted molar refractivity (Wildman–Crippen MR) is 133 cm³/mol. The van der Waals surface area contributed by atoms with Crippen molar-refractivity contribution in [3.63, 3.8) is 0 Å². The zero-order chi connectivity index (χ0) is 24.2. The number of ether oxygens (including phenoxy) is 1. The van der Waals surface area contributed by atoms with Crippen molar-refractivity contribution in [1.82, 2.24) is 19.8 Å². The highest BCUT2D eigenvalue weighted by atomic mass is 35.5. The van der Waals surface area contributed by atoms with Gasteiger partial charge in [-0.05, 0) is 24.3 Å². The number of nitrogens with two attached hydrogens (primary N) is 2. The van der Waals surface area contributed by atoms with E-state index in [1.165, 1.54) is 0 Å². The molecule has 5 N–H and O–H groups in total. The summed E-state index contributed by atoms with van der Waals surface area (Å²) in [5.41, 5.74) is 14.3. The van der Waals surface area contributed by atoms with Crippen LogP contribution in [-0.4, -0.2) is 72.1 Å². The number of aromatic nitrogens is 2. The lowest BCUT2D eigenvalue weighted by atomic mass is 10.0. The summed E-state index contributed by atoms with van der Waals surface area (Å²) in [5.74, 6) is -0.175. The number of hydrogen-bond donors (Lipinski definition) is 3. The molecule has 4 rings (SSSR count). The van der Waals surface area contributed by atoms with E-state index < -0.39 is 5.56 Å². The fourth-order valence-electron chi connectivity index (χ4n) is 3.92. The number of H-pyrrole nitrogens is 1. The molecule has 0 radical (unpaired) electrons. The molecule has 0 unspecified atom stereocenters. The summed E-state index contributed by atoms with van der Waals surface area (Å²) in [6.45, 7) is 4.19. The molecule has 1 aliphatic heterocycles. The largest absolute Gasteiger partial charge is 0.397 e. The van der Waals surface area contributed by atoms with E-state index in [0.717, 1.165) is 19.6 Å². The molecule has 1 aliphatic rings. The Bertz CT molecular complexity index is 1300. The van der Waals surface area contributed by atoms with Gasteiger partial charge in [0.15, 0.2) is 5.69 Å². The molecule has 0 aliphatic carbocycles. The fourth-order valence-corrected chi connectivity index (χ4v) is 4.12. The van der Waals surface area contributed by atoms with Gasteiger partial charge in [-0.3, -0.25) is 14.5 Å². The zero-order valence-electron chi connectivity index (χ0n) is 18.9. The van der Waals surface area contributed by atoms with Crippen LogP contribution in [0.2, 0.25) is 5.02 Å². The van der Waals surface area contributed by atoms with Crippen molar-refractivity contribution >= 4 is 39.9 Å². The molecule has 9 nitrogen and oxygen atoms in total. The number of aromatic amines is 1. The fraction of sp³-hybridized carbons (Fsp3) is 0.292. The third kappa shape index (κ3) is 4.91. The maximum absolute atomic E-state index is 13.2. The van der Waals surface area contributed by atoms with Gasteiger partial charge >= 0.3 is 0 Å². The topological polar surface area (TPSA) is 131 Å². The minimum absolute atomic E-state index is 0.0196. The Kier molecular flexibility index (Phi) is 7.16. The summed E-state index contributed by atoms with van der Waals surface area (Å²) in [5, 5.41) is 0.323. The zero-order valence-corrected chi connectivity index (χ0v) is 19.6. The average molecular weight is 483 g/mol. The Labute approximate surface area is 202 Å². The highest BCUT2D eigenvalue weighted by molar-refractivity contribution is 6.34. The number of rotatable bonds is 6. The number of benzene rings is 2. The van der Waals surface area contributed by atoms with Gasteiger partial charge in [-0.15, -0.1) is 0 Å². The predicted octanol–water partition coefficient (Wildman–Crippen LogP) is 1.72. The molecule has 1 amide bonds. The molecule has 0 atom stereocenters. The van der Waals surface area contributed by atoms with Gasteiger partial charge in [0.1, 0.15) is 0 Å². The second-order valence-electron chi connectivity index (χ2n) is 8.08. The highest BCUT2D eigenvalue weighted by Gasteiger charge is 2.24. The third-order valence-electron chi connectivity index (χ3n) is 5.92. The Hall–Kier alpha value is -3.40. The molecule has 1 aromatic heterocycles. The van der Waals surface area contributed by atoms with Crippen LogP contribution < -0.4 is 17.0 Å². The average Bonchev–Trinajstić information content (AvgIpc) is 2.86. The Morgan fingerprint density at radius 2 is 1.85 bits per heavy atom. The van der Waals surface area contributed by atoms with Crippen molar-refractivity contribution in [2.24, 2.45) is 11.5 Å². The van der Waals surface area contributed by atoms with Gasteiger partial charge in [-0.1, -0.05) is 29.8 Å². The first-order valence-corrected chi connectivity index (χ1v) is 11.3. The van der Waals surface area contributed by atoms with Crippen LogP contribution >= 0.6 is 11.6 Å². The molecule has 10 heteroatoms. The van der Waals surface area contributed by atoms with Crippen LogP contribution in [0.25, 0.3) is 22.4 Å². The van der Waals surface area contributed by atoms with Gasteiger partial charge in [0.25, 0.3) is 11.5 Å². The van der Waals surface area contributed by atoms with Gasteiger partial charge in [0.05, 0.1) is 39.6 Å². The number of piperazine rings is 1. The van der Waals surface area contributed by atoms with Crippen LogP contribution in [0.1, 0.15) is 21.6 Å². The van der Waals surface area contributed by atoms with E-state index in [-0.39, 0.29) is 23.0 Å². The summed E-state index contributed by atoms with van der Waals surface area (Å²) >= 11 is 6.37. The lowest BCUT2D eigenvalue weighted by Gasteiger charge is -2.34. The number of fused-ring (bicyclic) bond motifs is 1. The SMILES string of the molecule is COCCN1CCN(C(=O)c2cc(/C(N)=C(\N)c3nc4ccccc4[nH]c3=O)ccc2Cl)CC1. The van der Waals surface area contributed by atoms with E-state index in [1.807, 2.05) is 6.07 Å². The van der Waals surface area contributed by atoms with Gasteiger partial charge < -0.3 is 26.1 Å². The first-order chi connectivity index (χ1) is 16.4. The van der Waals surface area contributed by atoms with E-state index in [2.05, 4.69) is 14.9 Å². The van der Waals surface area contributed by atoms with E-state index in [9.17, 15) is 9.59 Å². The minimum atomic E-state index is -0.448. The number of para-hydroxylation sites is 2. The van der Waals surface area contributed by atoms with Crippen LogP contribution in [0.15, 0.2) is 47.3 Å². The van der Waals surface area contributed by atoms with Crippen molar-refractivity contribution in [3.05, 3.63) is 74.7 Å². The molecule has 0 saturated carbocycles. The number of amides is 1. The van der Waals surface area contributed by atoms with Crippen LogP contribution in [-0.2, 0) is 4.74 Å². The van der Waals surface area contributed by atoms with Gasteiger partial charge in [-0.2, -0.15) is 0 Å². The lowest BCUT2D eigenvalue weighted by molar-refractivity contribution is 0.0594. The highest BCUT2D eigenvalue weighted by Crippen LogP contribution is 2.24. The molecule has 0 spiro atoms. The summed E-state index contributed by atoms with van der Waals surface area (Å²) in [4.78, 5) is 36.9. The Balaban J connectivity index is 1.60. The summed E-state index contributed by atoms with van der Waals surface area (Å²) < 4.78 is 5.13. The summed E-state index contributed by atoms with van der Waals surface area (Å²) in [6, 6.07) is 12.0. The Morgan fingerprint density at radius 1 is 1.12 bits per heavy atom. The molecule has 2 heterocycles. The molecular formula is C24H27ClN6O3. The standard InChI is InChI=1S/C24H27ClN6O3/c1-34-13-12-30-8-10-31(11-9-30)24(33)16-14-15(6-7-17(16)25)20(26)21(27)22-23(32)29-19-5-3-2-4-18(19)28-22/h2-7,14H,8-13,26-27H2,1H3,(H,29,32)/b21-20+. The summed E-state index contributed by atoms with van der Waals surface area (Å²) in [7, 11) is 1.67. The van der Waals surface area contributed by atoms with Crippen LogP contribution in [0.4, 0.5) is 0 Å². The van der Waals surface area contributed by atoms with Gasteiger partial charge in [0.2, 0.25) is 0 Å². The second kappa shape index (κ2) is 10.3. The van der Waals surface area contributed by atoms with Crippen LogP contribution in [0, 0.1) is 0 Å².